The molecule has 0 saturated heterocycles. The third-order valence-electron chi connectivity index (χ3n) is 5.83. The Bertz CT molecular complexity index is 1540. The molecule has 1 aliphatic heterocycles. The van der Waals surface area contributed by atoms with E-state index in [0.29, 0.717) is 29.7 Å². The molecule has 11 heteroatoms. The molecular weight excluding hydrogens is 539 g/mol. The van der Waals surface area contributed by atoms with Crippen molar-refractivity contribution in [1.82, 2.24) is 25.1 Å². The maximum absolute atomic E-state index is 12.6. The van der Waals surface area contributed by atoms with E-state index in [1.807, 2.05) is 54.6 Å². The van der Waals surface area contributed by atoms with Crippen molar-refractivity contribution >= 4 is 51.0 Å². The topological polar surface area (TPSA) is 91.2 Å². The van der Waals surface area contributed by atoms with Gasteiger partial charge in [0, 0.05) is 6.54 Å². The lowest BCUT2D eigenvalue weighted by Gasteiger charge is -2.10. The normalized spacial score (nSPS) is 12.2. The number of thioether (sulfide) groups is 2. The van der Waals surface area contributed by atoms with E-state index in [4.69, 9.17) is 14.5 Å². The zero-order valence-electron chi connectivity index (χ0n) is 20.2. The molecule has 0 bridgehead atoms. The number of hydrogen-bond donors (Lipinski definition) is 1. The van der Waals surface area contributed by atoms with E-state index < -0.39 is 0 Å². The van der Waals surface area contributed by atoms with Gasteiger partial charge in [-0.2, -0.15) is 0 Å². The fourth-order valence-electron chi connectivity index (χ4n) is 3.93. The minimum absolute atomic E-state index is 0.0765. The van der Waals surface area contributed by atoms with Crippen LogP contribution >= 0.6 is 34.9 Å². The minimum Gasteiger partial charge on any atom is -0.454 e. The van der Waals surface area contributed by atoms with Crippen LogP contribution in [0.15, 0.2) is 82.3 Å². The van der Waals surface area contributed by atoms with E-state index in [-0.39, 0.29) is 18.5 Å². The van der Waals surface area contributed by atoms with Crippen LogP contribution in [0.1, 0.15) is 17.0 Å². The number of thiazole rings is 1. The number of benzene rings is 3. The van der Waals surface area contributed by atoms with Gasteiger partial charge in [-0.25, -0.2) is 4.98 Å². The van der Waals surface area contributed by atoms with Gasteiger partial charge in [-0.05, 0) is 35.4 Å². The van der Waals surface area contributed by atoms with Gasteiger partial charge in [0.2, 0.25) is 12.7 Å². The molecule has 1 N–H and O–H groups in total. The number of amides is 1. The van der Waals surface area contributed by atoms with Crippen LogP contribution in [0.5, 0.6) is 11.5 Å². The fraction of sp³-hybridized carbons (Fsp3) is 0.185. The molecule has 1 amide bonds. The first-order chi connectivity index (χ1) is 18.7. The molecule has 0 aliphatic carbocycles. The molecule has 38 heavy (non-hydrogen) atoms. The highest BCUT2D eigenvalue weighted by Crippen LogP contribution is 2.33. The average molecular weight is 562 g/mol. The lowest BCUT2D eigenvalue weighted by atomic mass is 10.2. The van der Waals surface area contributed by atoms with Crippen LogP contribution in [0.25, 0.3) is 10.2 Å². The van der Waals surface area contributed by atoms with E-state index in [9.17, 15) is 4.79 Å². The third-order valence-corrected chi connectivity index (χ3v) is 8.98. The van der Waals surface area contributed by atoms with Gasteiger partial charge in [-0.1, -0.05) is 72.1 Å². The molecule has 3 heterocycles. The number of hydrogen-bond acceptors (Lipinski definition) is 9. The van der Waals surface area contributed by atoms with Crippen molar-refractivity contribution in [1.29, 1.82) is 0 Å². The van der Waals surface area contributed by atoms with Crippen LogP contribution in [-0.2, 0) is 23.6 Å². The Morgan fingerprint density at radius 3 is 2.68 bits per heavy atom. The maximum atomic E-state index is 12.6. The summed E-state index contributed by atoms with van der Waals surface area (Å²) in [6, 6.07) is 24.0. The van der Waals surface area contributed by atoms with Gasteiger partial charge in [0.1, 0.15) is 5.82 Å². The van der Waals surface area contributed by atoms with Crippen LogP contribution in [0.4, 0.5) is 0 Å². The minimum atomic E-state index is -0.0765. The number of nitrogens with one attached hydrogen (secondary N) is 1. The van der Waals surface area contributed by atoms with Crippen molar-refractivity contribution in [2.45, 2.75) is 28.3 Å². The number of fused-ring (bicyclic) bond motifs is 2. The maximum Gasteiger partial charge on any atom is 0.231 e. The Hall–Kier alpha value is -3.54. The van der Waals surface area contributed by atoms with E-state index in [0.717, 1.165) is 32.6 Å². The second-order valence-electron chi connectivity index (χ2n) is 8.46. The Balaban J connectivity index is 1.11. The van der Waals surface area contributed by atoms with Gasteiger partial charge >= 0.3 is 0 Å². The molecule has 0 atom stereocenters. The molecule has 192 valence electrons. The lowest BCUT2D eigenvalue weighted by Crippen LogP contribution is -2.24. The standard InChI is InChI=1S/C27H23N5O3S3/c33-25(28-13-19-10-11-21-22(12-19)35-17-34-21)16-36-26-31-30-24(32(26)14-18-6-2-1-3-7-18)15-37-27-29-20-8-4-5-9-23(20)38-27/h1-12H,13-17H2,(H,28,33). The van der Waals surface area contributed by atoms with Gasteiger partial charge < -0.3 is 19.4 Å². The van der Waals surface area contributed by atoms with Gasteiger partial charge in [0.25, 0.3) is 0 Å². The summed E-state index contributed by atoms with van der Waals surface area (Å²) in [4.78, 5) is 17.4. The highest BCUT2D eigenvalue weighted by Gasteiger charge is 2.17. The molecule has 0 radical (unpaired) electrons. The molecule has 3 aromatic carbocycles. The first kappa shape index (κ1) is 24.8. The quantitative estimate of drug-likeness (QED) is 0.228. The van der Waals surface area contributed by atoms with E-state index in [1.54, 1.807) is 23.1 Å². The van der Waals surface area contributed by atoms with Gasteiger partial charge in [-0.15, -0.1) is 21.5 Å². The number of nitrogens with zero attached hydrogens (tertiary/aromatic N) is 4. The summed E-state index contributed by atoms with van der Waals surface area (Å²) in [7, 11) is 0. The Morgan fingerprint density at radius 2 is 1.79 bits per heavy atom. The van der Waals surface area contributed by atoms with Crippen molar-refractivity contribution in [2.24, 2.45) is 0 Å². The summed E-state index contributed by atoms with van der Waals surface area (Å²) in [5.74, 6) is 3.08. The van der Waals surface area contributed by atoms with Crippen molar-refractivity contribution < 1.29 is 14.3 Å². The molecule has 2 aromatic heterocycles. The van der Waals surface area contributed by atoms with E-state index >= 15 is 0 Å². The fourth-order valence-corrected chi connectivity index (χ4v) is 6.72. The molecule has 1 aliphatic rings. The molecule has 5 aromatic rings. The highest BCUT2D eigenvalue weighted by atomic mass is 32.2. The van der Waals surface area contributed by atoms with Crippen LogP contribution in [0, 0.1) is 0 Å². The van der Waals surface area contributed by atoms with Crippen molar-refractivity contribution in [3.63, 3.8) is 0 Å². The van der Waals surface area contributed by atoms with Crippen LogP contribution < -0.4 is 14.8 Å². The zero-order chi connectivity index (χ0) is 25.7. The SMILES string of the molecule is O=C(CSc1nnc(CSc2nc3ccccc3s2)n1Cc1ccccc1)NCc1ccc2c(c1)OCO2. The Labute approximate surface area is 231 Å². The number of para-hydroxylation sites is 1. The summed E-state index contributed by atoms with van der Waals surface area (Å²) in [6.45, 7) is 1.27. The Kier molecular flexibility index (Phi) is 7.47. The average Bonchev–Trinajstić information content (AvgIpc) is 3.68. The van der Waals surface area contributed by atoms with Gasteiger partial charge in [0.15, 0.2) is 21.0 Å². The van der Waals surface area contributed by atoms with Crippen molar-refractivity contribution in [2.75, 3.05) is 12.5 Å². The number of carbonyl (C=O) groups is 1. The van der Waals surface area contributed by atoms with Crippen LogP contribution in [-0.4, -0.2) is 38.2 Å². The van der Waals surface area contributed by atoms with Crippen LogP contribution in [0.2, 0.25) is 0 Å². The lowest BCUT2D eigenvalue weighted by molar-refractivity contribution is -0.118. The molecule has 0 saturated carbocycles. The number of rotatable bonds is 10. The predicted molar refractivity (Wildman–Crippen MR) is 150 cm³/mol. The number of carbonyl (C=O) groups excluding carboxylic acids is 1. The summed E-state index contributed by atoms with van der Waals surface area (Å²) in [5.41, 5.74) is 3.11. The molecule has 6 rings (SSSR count). The smallest absolute Gasteiger partial charge is 0.231 e. The summed E-state index contributed by atoms with van der Waals surface area (Å²) >= 11 is 4.72. The van der Waals surface area contributed by atoms with Crippen LogP contribution in [0.3, 0.4) is 0 Å². The third kappa shape index (κ3) is 5.79. The van der Waals surface area contributed by atoms with Gasteiger partial charge in [0.05, 0.1) is 28.3 Å². The van der Waals surface area contributed by atoms with E-state index in [1.165, 1.54) is 16.5 Å². The molecule has 8 nitrogen and oxygen atoms in total. The second kappa shape index (κ2) is 11.5. The number of ether oxygens (including phenoxy) is 2. The molecule has 0 spiro atoms. The first-order valence-corrected chi connectivity index (χ1v) is 14.7. The second-order valence-corrected chi connectivity index (χ2v) is 11.7. The zero-order valence-corrected chi connectivity index (χ0v) is 22.7. The molecule has 0 fully saturated rings. The van der Waals surface area contributed by atoms with E-state index in [2.05, 4.69) is 38.3 Å². The highest BCUT2D eigenvalue weighted by molar-refractivity contribution is 8.00. The van der Waals surface area contributed by atoms with Crippen molar-refractivity contribution in [3.05, 3.63) is 89.7 Å². The summed E-state index contributed by atoms with van der Waals surface area (Å²) in [5, 5.41) is 12.6. The monoisotopic (exact) mass is 561 g/mol. The van der Waals surface area contributed by atoms with Gasteiger partial charge in [-0.3, -0.25) is 4.79 Å². The first-order valence-electron chi connectivity index (χ1n) is 11.9. The summed E-state index contributed by atoms with van der Waals surface area (Å²) in [6.07, 6.45) is 0. The molecule has 0 unspecified atom stereocenters. The largest absolute Gasteiger partial charge is 0.454 e. The molecular formula is C27H23N5O3S3. The van der Waals surface area contributed by atoms with Crippen molar-refractivity contribution in [3.8, 4) is 11.5 Å². The Morgan fingerprint density at radius 1 is 0.947 bits per heavy atom. The predicted octanol–water partition coefficient (Wildman–Crippen LogP) is 5.37. The number of aromatic nitrogens is 4. The summed E-state index contributed by atoms with van der Waals surface area (Å²) < 4.78 is 15.0.